The Balaban J connectivity index is 1.69. The second-order valence-electron chi connectivity index (χ2n) is 8.28. The van der Waals surface area contributed by atoms with Crippen LogP contribution in [0.2, 0.25) is 0 Å². The van der Waals surface area contributed by atoms with E-state index in [9.17, 15) is 37.4 Å². The number of alkyl halides is 3. The van der Waals surface area contributed by atoms with E-state index >= 15 is 0 Å². The van der Waals surface area contributed by atoms with Gasteiger partial charge in [0.15, 0.2) is 0 Å². The average Bonchev–Trinajstić information content (AvgIpc) is 3.51. The molecule has 0 unspecified atom stereocenters. The molecule has 1 aliphatic rings. The van der Waals surface area contributed by atoms with Crippen LogP contribution >= 0.6 is 0 Å². The molecule has 1 atom stereocenters. The Morgan fingerprint density at radius 1 is 1.21 bits per heavy atom. The third kappa shape index (κ3) is 5.24. The molecule has 1 heterocycles. The molecule has 0 saturated heterocycles. The summed E-state index contributed by atoms with van der Waals surface area (Å²) in [5.41, 5.74) is -4.09. The van der Waals surface area contributed by atoms with Gasteiger partial charge in [-0.25, -0.2) is 4.39 Å². The predicted molar refractivity (Wildman–Crippen MR) is 110 cm³/mol. The molecule has 3 rings (SSSR count). The number of hydrogen-bond acceptors (Lipinski definition) is 5. The Morgan fingerprint density at radius 3 is 2.45 bits per heavy atom. The van der Waals surface area contributed by atoms with E-state index in [0.717, 1.165) is 24.4 Å². The Kier molecular flexibility index (Phi) is 6.38. The fraction of sp³-hybridized carbons (Fsp3) is 0.409. The number of aliphatic hydroxyl groups is 1. The summed E-state index contributed by atoms with van der Waals surface area (Å²) < 4.78 is 53.6. The van der Waals surface area contributed by atoms with Crippen LogP contribution in [0.15, 0.2) is 30.5 Å². The number of hydrogen-bond donors (Lipinski definition) is 4. The minimum atomic E-state index is -4.58. The number of nitrogens with one attached hydrogen (secondary N) is 2. The first-order valence-electron chi connectivity index (χ1n) is 10.2. The molecule has 1 aromatic carbocycles. The summed E-state index contributed by atoms with van der Waals surface area (Å²) in [5, 5.41) is 24.8. The Hall–Kier alpha value is -3.21. The summed E-state index contributed by atoms with van der Waals surface area (Å²) in [6, 6.07) is 4.44. The molecule has 0 bridgehead atoms. The number of nitrogens with zero attached hydrogens (tertiary/aromatic N) is 1. The maximum atomic E-state index is 14.5. The molecule has 1 saturated carbocycles. The van der Waals surface area contributed by atoms with Gasteiger partial charge in [0.25, 0.3) is 5.91 Å². The monoisotopic (exact) mass is 469 g/mol. The standard InChI is InChI=1S/C22H23F4N3O4/c1-3-20(2,33)14-11-15(23)12(8-17(14)30)9-18(31)28-13-4-7-27-16(10-13)19(32)29-21(5-6-21)22(24,25)26/h4,7-8,10-11,30,33H,3,5-6,9H2,1-2H3,(H,29,32)(H,27,28,31)/t20-/m1/s1. The first-order valence-corrected chi connectivity index (χ1v) is 10.2. The van der Waals surface area contributed by atoms with Gasteiger partial charge in [-0.1, -0.05) is 6.92 Å². The van der Waals surface area contributed by atoms with Gasteiger partial charge in [0.2, 0.25) is 5.91 Å². The van der Waals surface area contributed by atoms with Crippen molar-refractivity contribution in [1.29, 1.82) is 0 Å². The number of aromatic hydroxyl groups is 1. The van der Waals surface area contributed by atoms with Crippen LogP contribution in [0, 0.1) is 5.82 Å². The zero-order valence-corrected chi connectivity index (χ0v) is 17.9. The van der Waals surface area contributed by atoms with Gasteiger partial charge < -0.3 is 20.8 Å². The molecule has 1 fully saturated rings. The van der Waals surface area contributed by atoms with Crippen LogP contribution < -0.4 is 10.6 Å². The van der Waals surface area contributed by atoms with Crippen LogP contribution in [0.25, 0.3) is 0 Å². The van der Waals surface area contributed by atoms with Crippen molar-refractivity contribution in [1.82, 2.24) is 10.3 Å². The molecule has 178 valence electrons. The fourth-order valence-electron chi connectivity index (χ4n) is 3.26. The van der Waals surface area contributed by atoms with Gasteiger partial charge in [-0.15, -0.1) is 0 Å². The number of phenolic OH excluding ortho intramolecular Hbond substituents is 1. The Labute approximate surface area is 186 Å². The number of aromatic nitrogens is 1. The van der Waals surface area contributed by atoms with Crippen LogP contribution in [0.3, 0.4) is 0 Å². The lowest BCUT2D eigenvalue weighted by molar-refractivity contribution is -0.163. The lowest BCUT2D eigenvalue weighted by atomic mass is 9.91. The van der Waals surface area contributed by atoms with Crippen LogP contribution in [0.1, 0.15) is 54.7 Å². The third-order valence-electron chi connectivity index (χ3n) is 5.71. The maximum absolute atomic E-state index is 14.5. The van der Waals surface area contributed by atoms with Crippen LogP contribution in [0.4, 0.5) is 23.2 Å². The molecule has 0 spiro atoms. The summed E-state index contributed by atoms with van der Waals surface area (Å²) in [6.07, 6.45) is -4.13. The minimum Gasteiger partial charge on any atom is -0.508 e. The minimum absolute atomic E-state index is 0.0104. The van der Waals surface area contributed by atoms with Crippen molar-refractivity contribution in [3.63, 3.8) is 0 Å². The van der Waals surface area contributed by atoms with Gasteiger partial charge in [0.05, 0.1) is 12.0 Å². The largest absolute Gasteiger partial charge is 0.508 e. The highest BCUT2D eigenvalue weighted by atomic mass is 19.4. The third-order valence-corrected chi connectivity index (χ3v) is 5.71. The molecule has 0 radical (unpaired) electrons. The summed E-state index contributed by atoms with van der Waals surface area (Å²) in [7, 11) is 0. The van der Waals surface area contributed by atoms with E-state index in [1.54, 1.807) is 6.92 Å². The summed E-state index contributed by atoms with van der Waals surface area (Å²) in [5.74, 6) is -2.90. The summed E-state index contributed by atoms with van der Waals surface area (Å²) in [4.78, 5) is 28.3. The van der Waals surface area contributed by atoms with E-state index in [0.29, 0.717) is 0 Å². The molecule has 7 nitrogen and oxygen atoms in total. The van der Waals surface area contributed by atoms with Crippen molar-refractivity contribution in [3.8, 4) is 5.75 Å². The summed E-state index contributed by atoms with van der Waals surface area (Å²) >= 11 is 0. The molecule has 4 N–H and O–H groups in total. The van der Waals surface area contributed by atoms with Crippen LogP contribution in [0.5, 0.6) is 5.75 Å². The van der Waals surface area contributed by atoms with Crippen LogP contribution in [-0.2, 0) is 16.8 Å². The van der Waals surface area contributed by atoms with Crippen LogP contribution in [-0.4, -0.2) is 38.7 Å². The van der Waals surface area contributed by atoms with E-state index < -0.39 is 41.4 Å². The molecule has 0 aliphatic heterocycles. The smallest absolute Gasteiger partial charge is 0.411 e. The van der Waals surface area contributed by atoms with Crippen molar-refractivity contribution in [2.45, 2.75) is 56.8 Å². The van der Waals surface area contributed by atoms with Gasteiger partial charge in [-0.05, 0) is 50.5 Å². The molecular formula is C22H23F4N3O4. The molecule has 2 amide bonds. The van der Waals surface area contributed by atoms with Crippen molar-refractivity contribution in [2.75, 3.05) is 5.32 Å². The number of amides is 2. The second kappa shape index (κ2) is 8.62. The molecular weight excluding hydrogens is 446 g/mol. The van der Waals surface area contributed by atoms with Crippen molar-refractivity contribution in [3.05, 3.63) is 53.1 Å². The van der Waals surface area contributed by atoms with Gasteiger partial charge in [-0.2, -0.15) is 13.2 Å². The number of pyridine rings is 1. The summed E-state index contributed by atoms with van der Waals surface area (Å²) in [6.45, 7) is 3.08. The number of carbonyl (C=O) groups excluding carboxylic acids is 2. The van der Waals surface area contributed by atoms with Gasteiger partial charge in [0.1, 0.15) is 22.8 Å². The quantitative estimate of drug-likeness (QED) is 0.464. The molecule has 11 heteroatoms. The van der Waals surface area contributed by atoms with E-state index in [-0.39, 0.29) is 47.5 Å². The zero-order chi connectivity index (χ0) is 24.6. The van der Waals surface area contributed by atoms with Crippen molar-refractivity contribution in [2.24, 2.45) is 0 Å². The van der Waals surface area contributed by atoms with E-state index in [2.05, 4.69) is 10.3 Å². The van der Waals surface area contributed by atoms with Gasteiger partial charge >= 0.3 is 6.18 Å². The number of benzene rings is 1. The Bertz CT molecular complexity index is 1080. The molecule has 1 aromatic heterocycles. The van der Waals surface area contributed by atoms with E-state index in [1.807, 2.05) is 5.32 Å². The average molecular weight is 469 g/mol. The zero-order valence-electron chi connectivity index (χ0n) is 17.9. The lowest BCUT2D eigenvalue weighted by Gasteiger charge is -2.23. The predicted octanol–water partition coefficient (Wildman–Crippen LogP) is 3.55. The first kappa shape index (κ1) is 24.4. The highest BCUT2D eigenvalue weighted by Gasteiger charge is 2.64. The van der Waals surface area contributed by atoms with Gasteiger partial charge in [0, 0.05) is 23.0 Å². The van der Waals surface area contributed by atoms with Crippen molar-refractivity contribution < 1.29 is 37.4 Å². The van der Waals surface area contributed by atoms with Crippen molar-refractivity contribution >= 4 is 17.5 Å². The number of rotatable bonds is 7. The first-order chi connectivity index (χ1) is 15.3. The lowest BCUT2D eigenvalue weighted by Crippen LogP contribution is -2.48. The number of carbonyl (C=O) groups is 2. The normalized spacial score (nSPS) is 16.6. The molecule has 33 heavy (non-hydrogen) atoms. The topological polar surface area (TPSA) is 112 Å². The number of phenols is 1. The highest BCUT2D eigenvalue weighted by molar-refractivity contribution is 5.96. The van der Waals surface area contributed by atoms with E-state index in [1.165, 1.54) is 13.0 Å². The van der Waals surface area contributed by atoms with E-state index in [4.69, 9.17) is 0 Å². The van der Waals surface area contributed by atoms with Gasteiger partial charge in [-0.3, -0.25) is 14.6 Å². The second-order valence-corrected chi connectivity index (χ2v) is 8.28. The maximum Gasteiger partial charge on any atom is 0.411 e. The number of halogens is 4. The highest BCUT2D eigenvalue weighted by Crippen LogP contribution is 2.49. The Morgan fingerprint density at radius 2 is 1.88 bits per heavy atom. The number of anilines is 1. The molecule has 1 aliphatic carbocycles. The SMILES string of the molecule is CC[C@@](C)(O)c1cc(F)c(CC(=O)Nc2ccnc(C(=O)NC3(C(F)(F)F)CC3)c2)cc1O. The molecule has 2 aromatic rings. The fourth-order valence-corrected chi connectivity index (χ4v) is 3.26.